The first-order valence-electron chi connectivity index (χ1n) is 4.62. The van der Waals surface area contributed by atoms with Crippen LogP contribution in [0.3, 0.4) is 0 Å². The molecule has 0 aliphatic carbocycles. The van der Waals surface area contributed by atoms with Crippen LogP contribution in [0.4, 0.5) is 0 Å². The molecule has 0 amide bonds. The number of hydrogen-bond donors (Lipinski definition) is 2. The van der Waals surface area contributed by atoms with Gasteiger partial charge in [0, 0.05) is 0 Å². The lowest BCUT2D eigenvalue weighted by Gasteiger charge is -2.04. The Labute approximate surface area is 84.3 Å². The molecule has 80 valence electrons. The minimum atomic E-state index is -0.445. The highest BCUT2D eigenvalue weighted by atomic mass is 16.1. The molecule has 0 aliphatic heterocycles. The van der Waals surface area contributed by atoms with E-state index in [1.807, 2.05) is 0 Å². The maximum Gasteiger partial charge on any atom is 0.146 e. The van der Waals surface area contributed by atoms with Crippen molar-refractivity contribution in [1.82, 2.24) is 0 Å². The summed E-state index contributed by atoms with van der Waals surface area (Å²) in [5, 5.41) is 0. The maximum atomic E-state index is 10.7. The van der Waals surface area contributed by atoms with E-state index in [0.29, 0.717) is 12.8 Å². The minimum Gasteiger partial charge on any atom is -0.321 e. The second-order valence-corrected chi connectivity index (χ2v) is 3.38. The van der Waals surface area contributed by atoms with Crippen molar-refractivity contribution in [2.75, 3.05) is 0 Å². The number of hydrogen-bond acceptors (Lipinski definition) is 4. The summed E-state index contributed by atoms with van der Waals surface area (Å²) in [5.74, 6) is -0.0731. The average molecular weight is 198 g/mol. The van der Waals surface area contributed by atoms with Crippen LogP contribution in [-0.4, -0.2) is 23.7 Å². The van der Waals surface area contributed by atoms with Gasteiger partial charge in [-0.25, -0.2) is 0 Å². The van der Waals surface area contributed by atoms with Gasteiger partial charge in [0.25, 0.3) is 0 Å². The van der Waals surface area contributed by atoms with Crippen LogP contribution >= 0.6 is 0 Å². The van der Waals surface area contributed by atoms with E-state index in [2.05, 4.69) is 0 Å². The molecular formula is C10H18N2O2. The number of rotatable bonds is 6. The van der Waals surface area contributed by atoms with Crippen molar-refractivity contribution in [2.24, 2.45) is 11.5 Å². The molecule has 0 aromatic heterocycles. The summed E-state index contributed by atoms with van der Waals surface area (Å²) in [6.45, 7) is 2.92. The Morgan fingerprint density at radius 2 is 1.29 bits per heavy atom. The summed E-state index contributed by atoms with van der Waals surface area (Å²) in [5.41, 5.74) is 11.0. The Hall–Kier alpha value is -1.00. The number of ketones is 2. The number of Topliss-reactive ketones (excluding diaryl/α,β-unsaturated/α-hetero) is 2. The first-order chi connectivity index (χ1) is 6.45. The summed E-state index contributed by atoms with van der Waals surface area (Å²) in [7, 11) is 0. The van der Waals surface area contributed by atoms with Crippen LogP contribution in [-0.2, 0) is 9.59 Å². The fourth-order valence-corrected chi connectivity index (χ4v) is 0.818. The quantitative estimate of drug-likeness (QED) is 0.595. The first-order valence-corrected chi connectivity index (χ1v) is 4.62. The van der Waals surface area contributed by atoms with E-state index in [1.165, 1.54) is 13.8 Å². The van der Waals surface area contributed by atoms with Crippen molar-refractivity contribution in [2.45, 2.75) is 38.8 Å². The normalized spacial score (nSPS) is 15.4. The van der Waals surface area contributed by atoms with Crippen molar-refractivity contribution in [3.8, 4) is 0 Å². The molecule has 0 radical (unpaired) electrons. The fourth-order valence-electron chi connectivity index (χ4n) is 0.818. The Morgan fingerprint density at radius 3 is 1.50 bits per heavy atom. The summed E-state index contributed by atoms with van der Waals surface area (Å²) < 4.78 is 0. The van der Waals surface area contributed by atoms with Gasteiger partial charge in [0.15, 0.2) is 0 Å². The highest BCUT2D eigenvalue weighted by Gasteiger charge is 2.06. The second-order valence-electron chi connectivity index (χ2n) is 3.38. The molecule has 2 atom stereocenters. The predicted molar refractivity (Wildman–Crippen MR) is 55.7 cm³/mol. The molecule has 0 unspecified atom stereocenters. The summed E-state index contributed by atoms with van der Waals surface area (Å²) >= 11 is 0. The van der Waals surface area contributed by atoms with Crippen LogP contribution in [0.1, 0.15) is 26.7 Å². The van der Waals surface area contributed by atoms with Gasteiger partial charge in [0.2, 0.25) is 0 Å². The van der Waals surface area contributed by atoms with E-state index in [1.54, 1.807) is 12.2 Å². The van der Waals surface area contributed by atoms with Crippen molar-refractivity contribution in [3.05, 3.63) is 12.2 Å². The molecule has 0 fully saturated rings. The van der Waals surface area contributed by atoms with E-state index in [-0.39, 0.29) is 11.6 Å². The van der Waals surface area contributed by atoms with Gasteiger partial charge in [-0.15, -0.1) is 0 Å². The lowest BCUT2D eigenvalue weighted by atomic mass is 10.1. The molecule has 0 saturated heterocycles. The molecule has 0 aromatic carbocycles. The van der Waals surface area contributed by atoms with Gasteiger partial charge in [-0.2, -0.15) is 0 Å². The number of carbonyl (C=O) groups is 2. The van der Waals surface area contributed by atoms with E-state index in [0.717, 1.165) is 0 Å². The Kier molecular flexibility index (Phi) is 5.99. The molecule has 14 heavy (non-hydrogen) atoms. The number of carbonyl (C=O) groups excluding carboxylic acids is 2. The summed E-state index contributed by atoms with van der Waals surface area (Å²) in [6.07, 6.45) is 4.57. The molecule has 4 N–H and O–H groups in total. The second kappa shape index (κ2) is 6.45. The van der Waals surface area contributed by atoms with Gasteiger partial charge in [-0.05, 0) is 26.7 Å². The zero-order chi connectivity index (χ0) is 11.1. The summed E-state index contributed by atoms with van der Waals surface area (Å²) in [6, 6.07) is -0.889. The van der Waals surface area contributed by atoms with E-state index in [4.69, 9.17) is 11.5 Å². The molecule has 4 heteroatoms. The highest BCUT2D eigenvalue weighted by Crippen LogP contribution is 1.96. The Bertz CT molecular complexity index is 212. The van der Waals surface area contributed by atoms with E-state index >= 15 is 0 Å². The zero-order valence-electron chi connectivity index (χ0n) is 8.69. The van der Waals surface area contributed by atoms with Gasteiger partial charge in [-0.3, -0.25) is 9.59 Å². The molecule has 0 saturated carbocycles. The van der Waals surface area contributed by atoms with Crippen LogP contribution in [0.15, 0.2) is 12.2 Å². The van der Waals surface area contributed by atoms with Gasteiger partial charge in [-0.1, -0.05) is 12.2 Å². The topological polar surface area (TPSA) is 86.2 Å². The standard InChI is InChI=1S/C10H18N2O2/c1-7(13)9(11)5-3-4-6-10(12)8(2)14/h3-4,9-10H,5-6,11-12H2,1-2H3/b4-3+/t9-,10+. The molecule has 0 aliphatic rings. The lowest BCUT2D eigenvalue weighted by Crippen LogP contribution is -2.28. The van der Waals surface area contributed by atoms with Crippen LogP contribution in [0.2, 0.25) is 0 Å². The van der Waals surface area contributed by atoms with Crippen molar-refractivity contribution < 1.29 is 9.59 Å². The maximum absolute atomic E-state index is 10.7. The molecule has 4 nitrogen and oxygen atoms in total. The molecule has 0 rings (SSSR count). The van der Waals surface area contributed by atoms with Gasteiger partial charge >= 0.3 is 0 Å². The lowest BCUT2D eigenvalue weighted by molar-refractivity contribution is -0.119. The zero-order valence-corrected chi connectivity index (χ0v) is 8.69. The van der Waals surface area contributed by atoms with E-state index in [9.17, 15) is 9.59 Å². The van der Waals surface area contributed by atoms with Crippen LogP contribution in [0.5, 0.6) is 0 Å². The smallest absolute Gasteiger partial charge is 0.146 e. The van der Waals surface area contributed by atoms with Crippen LogP contribution < -0.4 is 11.5 Å². The van der Waals surface area contributed by atoms with Gasteiger partial charge in [0.05, 0.1) is 12.1 Å². The third-order valence-corrected chi connectivity index (χ3v) is 1.99. The Morgan fingerprint density at radius 1 is 1.00 bits per heavy atom. The van der Waals surface area contributed by atoms with Crippen molar-refractivity contribution in [1.29, 1.82) is 0 Å². The predicted octanol–water partition coefficient (Wildman–Crippen LogP) is 0.155. The molecule has 0 aromatic rings. The average Bonchev–Trinajstić information content (AvgIpc) is 2.11. The van der Waals surface area contributed by atoms with Crippen molar-refractivity contribution >= 4 is 11.6 Å². The fraction of sp³-hybridized carbons (Fsp3) is 0.600. The first kappa shape index (κ1) is 13.0. The molecule has 0 spiro atoms. The van der Waals surface area contributed by atoms with Gasteiger partial charge in [0.1, 0.15) is 11.6 Å². The SMILES string of the molecule is CC(=O)[C@H](N)C/C=C/C[C@H](N)C(C)=O. The third-order valence-electron chi connectivity index (χ3n) is 1.99. The van der Waals surface area contributed by atoms with Crippen LogP contribution in [0.25, 0.3) is 0 Å². The van der Waals surface area contributed by atoms with E-state index < -0.39 is 12.1 Å². The Balaban J connectivity index is 3.74. The molecule has 0 heterocycles. The van der Waals surface area contributed by atoms with Gasteiger partial charge < -0.3 is 11.5 Å². The van der Waals surface area contributed by atoms with Crippen molar-refractivity contribution in [3.63, 3.8) is 0 Å². The monoisotopic (exact) mass is 198 g/mol. The molecule has 0 bridgehead atoms. The largest absolute Gasteiger partial charge is 0.321 e. The summed E-state index contributed by atoms with van der Waals surface area (Å²) in [4.78, 5) is 21.5. The molecular weight excluding hydrogens is 180 g/mol. The highest BCUT2D eigenvalue weighted by molar-refractivity contribution is 5.81. The minimum absolute atomic E-state index is 0.0366. The number of nitrogens with two attached hydrogens (primary N) is 2. The third kappa shape index (κ3) is 5.61. The van der Waals surface area contributed by atoms with Crippen LogP contribution in [0, 0.1) is 0 Å².